The highest BCUT2D eigenvalue weighted by molar-refractivity contribution is 7.16. The summed E-state index contributed by atoms with van der Waals surface area (Å²) in [5, 5.41) is 2.42. The molecule has 6 heteroatoms. The summed E-state index contributed by atoms with van der Waals surface area (Å²) in [6.07, 6.45) is 1.11. The van der Waals surface area contributed by atoms with Crippen LogP contribution in [0.1, 0.15) is 17.7 Å². The summed E-state index contributed by atoms with van der Waals surface area (Å²) in [5.74, 6) is -0.236. The van der Waals surface area contributed by atoms with Gasteiger partial charge in [-0.3, -0.25) is 19.8 Å². The van der Waals surface area contributed by atoms with E-state index in [-0.39, 0.29) is 11.8 Å². The lowest BCUT2D eigenvalue weighted by molar-refractivity contribution is -0.128. The number of carbonyl (C=O) groups is 2. The fourth-order valence-electron chi connectivity index (χ4n) is 2.77. The molecule has 1 spiro atoms. The molecule has 96 valence electrons. The minimum Gasteiger partial charge on any atom is -0.297 e. The van der Waals surface area contributed by atoms with Crippen LogP contribution in [0.4, 0.5) is 0 Å². The molecule has 1 atom stereocenters. The maximum atomic E-state index is 11.8. The van der Waals surface area contributed by atoms with E-state index in [0.717, 1.165) is 23.8 Å². The third-order valence-corrected chi connectivity index (χ3v) is 4.89. The van der Waals surface area contributed by atoms with Crippen LogP contribution in [0.2, 0.25) is 4.34 Å². The molecule has 4 nitrogen and oxygen atoms in total. The topological polar surface area (TPSA) is 49.4 Å². The third-order valence-electron chi connectivity index (χ3n) is 3.67. The van der Waals surface area contributed by atoms with E-state index in [1.165, 1.54) is 4.88 Å². The van der Waals surface area contributed by atoms with Gasteiger partial charge in [0.1, 0.15) is 0 Å². The first-order valence-corrected chi connectivity index (χ1v) is 7.08. The number of rotatable bonds is 2. The number of imide groups is 1. The average Bonchev–Trinajstić information content (AvgIpc) is 2.93. The Morgan fingerprint density at radius 2 is 2.28 bits per heavy atom. The summed E-state index contributed by atoms with van der Waals surface area (Å²) < 4.78 is 0.785. The molecule has 2 aliphatic heterocycles. The molecule has 2 saturated heterocycles. The van der Waals surface area contributed by atoms with Crippen LogP contribution >= 0.6 is 22.9 Å². The van der Waals surface area contributed by atoms with Crippen molar-refractivity contribution in [1.29, 1.82) is 0 Å². The first-order chi connectivity index (χ1) is 8.57. The van der Waals surface area contributed by atoms with E-state index in [1.54, 1.807) is 11.3 Å². The van der Waals surface area contributed by atoms with Gasteiger partial charge in [-0.15, -0.1) is 11.3 Å². The quantitative estimate of drug-likeness (QED) is 0.840. The van der Waals surface area contributed by atoms with Crippen molar-refractivity contribution < 1.29 is 9.59 Å². The van der Waals surface area contributed by atoms with E-state index in [2.05, 4.69) is 10.2 Å². The molecule has 2 amide bonds. The highest BCUT2D eigenvalue weighted by Crippen LogP contribution is 2.38. The highest BCUT2D eigenvalue weighted by atomic mass is 35.5. The normalized spacial score (nSPS) is 28.3. The Labute approximate surface area is 114 Å². The van der Waals surface area contributed by atoms with Crippen LogP contribution < -0.4 is 5.32 Å². The number of amides is 2. The number of hydrogen-bond acceptors (Lipinski definition) is 4. The zero-order chi connectivity index (χ0) is 12.8. The van der Waals surface area contributed by atoms with Gasteiger partial charge < -0.3 is 0 Å². The first-order valence-electron chi connectivity index (χ1n) is 5.88. The minimum absolute atomic E-state index is 0.0980. The predicted octanol–water partition coefficient (Wildman–Crippen LogP) is 1.64. The van der Waals surface area contributed by atoms with Gasteiger partial charge in [0, 0.05) is 24.4 Å². The molecule has 1 aromatic heterocycles. The van der Waals surface area contributed by atoms with Crippen LogP contribution in [0.25, 0.3) is 0 Å². The molecule has 2 aliphatic rings. The molecule has 0 unspecified atom stereocenters. The Morgan fingerprint density at radius 1 is 1.44 bits per heavy atom. The van der Waals surface area contributed by atoms with Gasteiger partial charge >= 0.3 is 0 Å². The largest absolute Gasteiger partial charge is 0.297 e. The van der Waals surface area contributed by atoms with Gasteiger partial charge in [0.05, 0.1) is 9.75 Å². The van der Waals surface area contributed by atoms with Gasteiger partial charge in [-0.1, -0.05) is 11.6 Å². The van der Waals surface area contributed by atoms with Crippen molar-refractivity contribution in [3.05, 3.63) is 21.3 Å². The summed E-state index contributed by atoms with van der Waals surface area (Å²) in [6.45, 7) is 2.33. The van der Waals surface area contributed by atoms with Gasteiger partial charge in [-0.2, -0.15) is 0 Å². The Hall–Kier alpha value is -0.910. The molecule has 3 rings (SSSR count). The standard InChI is InChI=1S/C12H13ClN2O2S/c13-9-2-1-8(18-9)6-15-4-3-12(7-15)5-10(16)14-11(12)17/h1-2H,3-7H2,(H,14,16,17)/t12-/m1/s1. The monoisotopic (exact) mass is 284 g/mol. The Kier molecular flexibility index (Phi) is 2.92. The summed E-state index contributed by atoms with van der Waals surface area (Å²) in [5.41, 5.74) is -0.474. The zero-order valence-electron chi connectivity index (χ0n) is 9.74. The number of likely N-dealkylation sites (tertiary alicyclic amines) is 1. The molecular formula is C12H13ClN2O2S. The summed E-state index contributed by atoms with van der Waals surface area (Å²) in [7, 11) is 0. The van der Waals surface area contributed by atoms with Gasteiger partial charge in [0.25, 0.3) is 0 Å². The maximum absolute atomic E-state index is 11.8. The Morgan fingerprint density at radius 3 is 2.89 bits per heavy atom. The molecule has 18 heavy (non-hydrogen) atoms. The van der Waals surface area contributed by atoms with Crippen molar-refractivity contribution >= 4 is 34.8 Å². The van der Waals surface area contributed by atoms with Crippen molar-refractivity contribution in [2.24, 2.45) is 5.41 Å². The van der Waals surface area contributed by atoms with Crippen molar-refractivity contribution in [1.82, 2.24) is 10.2 Å². The van der Waals surface area contributed by atoms with Crippen LogP contribution in [0.3, 0.4) is 0 Å². The highest BCUT2D eigenvalue weighted by Gasteiger charge is 2.50. The van der Waals surface area contributed by atoms with Crippen LogP contribution in [0.15, 0.2) is 12.1 Å². The number of hydrogen-bond donors (Lipinski definition) is 1. The van der Waals surface area contributed by atoms with Crippen LogP contribution in [-0.2, 0) is 16.1 Å². The van der Waals surface area contributed by atoms with Gasteiger partial charge in [-0.05, 0) is 25.1 Å². The second-order valence-corrected chi connectivity index (χ2v) is 6.80. The molecule has 2 fully saturated rings. The fourth-order valence-corrected chi connectivity index (χ4v) is 3.90. The van der Waals surface area contributed by atoms with Crippen LogP contribution in [0, 0.1) is 5.41 Å². The predicted molar refractivity (Wildman–Crippen MR) is 69.4 cm³/mol. The lowest BCUT2D eigenvalue weighted by Crippen LogP contribution is -2.34. The fraction of sp³-hybridized carbons (Fsp3) is 0.500. The SMILES string of the molecule is O=C1C[C@@]2(CCN(Cc3ccc(Cl)s3)C2)C(=O)N1. The summed E-state index contributed by atoms with van der Waals surface area (Å²) in [6, 6.07) is 3.90. The number of nitrogens with one attached hydrogen (secondary N) is 1. The van der Waals surface area contributed by atoms with E-state index in [0.29, 0.717) is 13.0 Å². The average molecular weight is 285 g/mol. The summed E-state index contributed by atoms with van der Waals surface area (Å²) in [4.78, 5) is 26.6. The molecule has 3 heterocycles. The number of nitrogens with zero attached hydrogens (tertiary/aromatic N) is 1. The van der Waals surface area contributed by atoms with Crippen molar-refractivity contribution in [3.8, 4) is 0 Å². The second-order valence-electron chi connectivity index (χ2n) is 5.00. The number of thiophene rings is 1. The lowest BCUT2D eigenvalue weighted by Gasteiger charge is -2.19. The number of halogens is 1. The van der Waals surface area contributed by atoms with E-state index < -0.39 is 5.41 Å². The molecular weight excluding hydrogens is 272 g/mol. The van der Waals surface area contributed by atoms with Crippen LogP contribution in [-0.4, -0.2) is 29.8 Å². The molecule has 1 N–H and O–H groups in total. The molecule has 0 aromatic carbocycles. The smallest absolute Gasteiger partial charge is 0.234 e. The first kappa shape index (κ1) is 12.1. The van der Waals surface area contributed by atoms with E-state index in [1.807, 2.05) is 12.1 Å². The maximum Gasteiger partial charge on any atom is 0.234 e. The van der Waals surface area contributed by atoms with Gasteiger partial charge in [0.2, 0.25) is 11.8 Å². The van der Waals surface area contributed by atoms with Gasteiger partial charge in [0.15, 0.2) is 0 Å². The van der Waals surface area contributed by atoms with E-state index >= 15 is 0 Å². The van der Waals surface area contributed by atoms with Gasteiger partial charge in [-0.25, -0.2) is 0 Å². The lowest BCUT2D eigenvalue weighted by atomic mass is 9.85. The third kappa shape index (κ3) is 2.06. The molecule has 0 radical (unpaired) electrons. The van der Waals surface area contributed by atoms with Crippen LogP contribution in [0.5, 0.6) is 0 Å². The molecule has 0 aliphatic carbocycles. The zero-order valence-corrected chi connectivity index (χ0v) is 11.3. The molecule has 0 bridgehead atoms. The van der Waals surface area contributed by atoms with Crippen molar-refractivity contribution in [2.45, 2.75) is 19.4 Å². The Bertz CT molecular complexity index is 516. The Balaban J connectivity index is 1.68. The minimum atomic E-state index is -0.474. The van der Waals surface area contributed by atoms with E-state index in [9.17, 15) is 9.59 Å². The molecule has 0 saturated carbocycles. The number of carbonyl (C=O) groups excluding carboxylic acids is 2. The molecule has 1 aromatic rings. The second kappa shape index (κ2) is 4.33. The summed E-state index contributed by atoms with van der Waals surface area (Å²) >= 11 is 7.46. The van der Waals surface area contributed by atoms with Crippen molar-refractivity contribution in [2.75, 3.05) is 13.1 Å². The van der Waals surface area contributed by atoms with E-state index in [4.69, 9.17) is 11.6 Å². The van der Waals surface area contributed by atoms with Crippen molar-refractivity contribution in [3.63, 3.8) is 0 Å².